The minimum atomic E-state index is 0.663. The highest BCUT2D eigenvalue weighted by molar-refractivity contribution is 5.88. The Labute approximate surface area is 137 Å². The van der Waals surface area contributed by atoms with Crippen LogP contribution in [0.4, 0.5) is 5.82 Å². The van der Waals surface area contributed by atoms with Crippen LogP contribution in [-0.2, 0) is 0 Å². The fourth-order valence-electron chi connectivity index (χ4n) is 3.62. The molecule has 2 fully saturated rings. The van der Waals surface area contributed by atoms with Gasteiger partial charge in [0, 0.05) is 62.9 Å². The maximum absolute atomic E-state index is 4.50. The van der Waals surface area contributed by atoms with Gasteiger partial charge in [-0.05, 0) is 19.9 Å². The Hall–Kier alpha value is -1.79. The number of rotatable bonds is 3. The second-order valence-corrected chi connectivity index (χ2v) is 6.81. The van der Waals surface area contributed by atoms with Crippen LogP contribution in [0.5, 0.6) is 0 Å². The Bertz CT molecular complexity index is 668. The Morgan fingerprint density at radius 3 is 2.61 bits per heavy atom. The third-order valence-corrected chi connectivity index (χ3v) is 5.18. The van der Waals surface area contributed by atoms with Crippen molar-refractivity contribution in [1.29, 1.82) is 0 Å². The summed E-state index contributed by atoms with van der Waals surface area (Å²) in [7, 11) is 0. The molecule has 0 aliphatic carbocycles. The molecule has 4 rings (SSSR count). The number of nitrogens with zero attached hydrogens (tertiary/aromatic N) is 6. The number of piperazine rings is 1. The molecule has 0 atom stereocenters. The standard InChI is InChI=1S/C17H24N6/c1-13(2)21-5-7-22(8-6-21)14-10-23(11-14)17-15-3-4-18-9-16(15)19-12-20-17/h3-4,9,12-14H,5-8,10-11H2,1-2H3. The first-order chi connectivity index (χ1) is 11.2. The van der Waals surface area contributed by atoms with Gasteiger partial charge in [0.05, 0.1) is 11.7 Å². The molecule has 0 spiro atoms. The van der Waals surface area contributed by atoms with E-state index in [1.165, 1.54) is 26.2 Å². The summed E-state index contributed by atoms with van der Waals surface area (Å²) in [5, 5.41) is 1.10. The molecule has 0 radical (unpaired) electrons. The third-order valence-electron chi connectivity index (χ3n) is 5.18. The molecular formula is C17H24N6. The topological polar surface area (TPSA) is 48.4 Å². The van der Waals surface area contributed by atoms with Crippen LogP contribution in [0.25, 0.3) is 10.9 Å². The van der Waals surface area contributed by atoms with Crippen molar-refractivity contribution >= 4 is 16.7 Å². The summed E-state index contributed by atoms with van der Waals surface area (Å²) in [6.45, 7) is 11.5. The molecular weight excluding hydrogens is 288 g/mol. The van der Waals surface area contributed by atoms with E-state index in [0.717, 1.165) is 29.8 Å². The van der Waals surface area contributed by atoms with Gasteiger partial charge in [0.15, 0.2) is 0 Å². The predicted molar refractivity (Wildman–Crippen MR) is 91.6 cm³/mol. The summed E-state index contributed by atoms with van der Waals surface area (Å²) in [4.78, 5) is 20.5. The average molecular weight is 312 g/mol. The Morgan fingerprint density at radius 1 is 1.09 bits per heavy atom. The highest BCUT2D eigenvalue weighted by Crippen LogP contribution is 2.28. The Balaban J connectivity index is 1.40. The largest absolute Gasteiger partial charge is 0.353 e. The van der Waals surface area contributed by atoms with Crippen LogP contribution in [0, 0.1) is 0 Å². The monoisotopic (exact) mass is 312 g/mol. The highest BCUT2D eigenvalue weighted by atomic mass is 15.4. The van der Waals surface area contributed by atoms with Gasteiger partial charge in [-0.3, -0.25) is 14.8 Å². The summed E-state index contributed by atoms with van der Waals surface area (Å²) >= 11 is 0. The Kier molecular flexibility index (Phi) is 3.87. The summed E-state index contributed by atoms with van der Waals surface area (Å²) in [6.07, 6.45) is 5.27. The molecule has 2 aromatic heterocycles. The number of anilines is 1. The van der Waals surface area contributed by atoms with E-state index in [4.69, 9.17) is 0 Å². The zero-order valence-corrected chi connectivity index (χ0v) is 13.9. The van der Waals surface area contributed by atoms with E-state index >= 15 is 0 Å². The van der Waals surface area contributed by atoms with E-state index in [1.54, 1.807) is 6.33 Å². The molecule has 0 N–H and O–H groups in total. The van der Waals surface area contributed by atoms with Crippen molar-refractivity contribution in [3.63, 3.8) is 0 Å². The van der Waals surface area contributed by atoms with E-state index in [9.17, 15) is 0 Å². The van der Waals surface area contributed by atoms with E-state index < -0.39 is 0 Å². The van der Waals surface area contributed by atoms with Crippen LogP contribution in [0.15, 0.2) is 24.8 Å². The lowest BCUT2D eigenvalue weighted by molar-refractivity contribution is 0.0677. The van der Waals surface area contributed by atoms with Gasteiger partial charge >= 0.3 is 0 Å². The molecule has 0 amide bonds. The summed E-state index contributed by atoms with van der Waals surface area (Å²) in [5.41, 5.74) is 0.923. The summed E-state index contributed by atoms with van der Waals surface area (Å²) in [5.74, 6) is 1.05. The van der Waals surface area contributed by atoms with Gasteiger partial charge in [0.25, 0.3) is 0 Å². The number of fused-ring (bicyclic) bond motifs is 1. The van der Waals surface area contributed by atoms with Gasteiger partial charge in [-0.2, -0.15) is 0 Å². The van der Waals surface area contributed by atoms with Crippen molar-refractivity contribution in [2.45, 2.75) is 25.9 Å². The summed E-state index contributed by atoms with van der Waals surface area (Å²) in [6, 6.07) is 3.34. The van der Waals surface area contributed by atoms with Crippen molar-refractivity contribution in [2.24, 2.45) is 0 Å². The highest BCUT2D eigenvalue weighted by Gasteiger charge is 2.35. The quantitative estimate of drug-likeness (QED) is 0.850. The van der Waals surface area contributed by atoms with Crippen molar-refractivity contribution < 1.29 is 0 Å². The molecule has 2 aliphatic rings. The minimum absolute atomic E-state index is 0.663. The first-order valence-electron chi connectivity index (χ1n) is 8.50. The van der Waals surface area contributed by atoms with Crippen molar-refractivity contribution in [3.8, 4) is 0 Å². The SMILES string of the molecule is CC(C)N1CCN(C2CN(c3ncnc4cnccc34)C2)CC1. The third kappa shape index (κ3) is 2.77. The fraction of sp³-hybridized carbons (Fsp3) is 0.588. The lowest BCUT2D eigenvalue weighted by Gasteiger charge is -2.49. The van der Waals surface area contributed by atoms with Crippen LogP contribution < -0.4 is 4.90 Å². The number of aromatic nitrogens is 3. The lowest BCUT2D eigenvalue weighted by Crippen LogP contribution is -2.63. The molecule has 122 valence electrons. The molecule has 2 aromatic rings. The molecule has 6 nitrogen and oxygen atoms in total. The maximum atomic E-state index is 4.50. The van der Waals surface area contributed by atoms with Gasteiger partial charge in [-0.15, -0.1) is 0 Å². The van der Waals surface area contributed by atoms with Gasteiger partial charge in [0.1, 0.15) is 12.1 Å². The van der Waals surface area contributed by atoms with Gasteiger partial charge in [0.2, 0.25) is 0 Å². The van der Waals surface area contributed by atoms with Crippen molar-refractivity contribution in [2.75, 3.05) is 44.2 Å². The number of hydrogen-bond donors (Lipinski definition) is 0. The first-order valence-corrected chi connectivity index (χ1v) is 8.50. The van der Waals surface area contributed by atoms with Crippen LogP contribution in [0.3, 0.4) is 0 Å². The van der Waals surface area contributed by atoms with Crippen molar-refractivity contribution in [1.82, 2.24) is 24.8 Å². The maximum Gasteiger partial charge on any atom is 0.140 e. The van der Waals surface area contributed by atoms with E-state index in [1.807, 2.05) is 18.5 Å². The zero-order chi connectivity index (χ0) is 15.8. The smallest absolute Gasteiger partial charge is 0.140 e. The summed E-state index contributed by atoms with van der Waals surface area (Å²) < 4.78 is 0. The normalized spacial score (nSPS) is 21.1. The zero-order valence-electron chi connectivity index (χ0n) is 13.9. The average Bonchev–Trinajstić information content (AvgIpc) is 2.54. The van der Waals surface area contributed by atoms with Crippen LogP contribution in [0.1, 0.15) is 13.8 Å². The second-order valence-electron chi connectivity index (χ2n) is 6.81. The molecule has 0 aromatic carbocycles. The molecule has 2 saturated heterocycles. The number of pyridine rings is 1. The predicted octanol–water partition coefficient (Wildman–Crippen LogP) is 1.24. The molecule has 6 heteroatoms. The molecule has 0 unspecified atom stereocenters. The second kappa shape index (κ2) is 6.02. The molecule has 4 heterocycles. The van der Waals surface area contributed by atoms with Gasteiger partial charge in [-0.25, -0.2) is 9.97 Å². The van der Waals surface area contributed by atoms with Crippen LogP contribution in [0.2, 0.25) is 0 Å². The molecule has 0 saturated carbocycles. The van der Waals surface area contributed by atoms with Gasteiger partial charge < -0.3 is 4.90 Å². The van der Waals surface area contributed by atoms with E-state index in [-0.39, 0.29) is 0 Å². The van der Waals surface area contributed by atoms with Crippen LogP contribution >= 0.6 is 0 Å². The minimum Gasteiger partial charge on any atom is -0.353 e. The van der Waals surface area contributed by atoms with Crippen molar-refractivity contribution in [3.05, 3.63) is 24.8 Å². The Morgan fingerprint density at radius 2 is 1.87 bits per heavy atom. The number of hydrogen-bond acceptors (Lipinski definition) is 6. The molecule has 2 aliphatic heterocycles. The van der Waals surface area contributed by atoms with E-state index in [0.29, 0.717) is 12.1 Å². The fourth-order valence-corrected chi connectivity index (χ4v) is 3.62. The van der Waals surface area contributed by atoms with Crippen LogP contribution in [-0.4, -0.2) is 76.1 Å². The van der Waals surface area contributed by atoms with E-state index in [2.05, 4.69) is 43.5 Å². The van der Waals surface area contributed by atoms with Gasteiger partial charge in [-0.1, -0.05) is 0 Å². The molecule has 0 bridgehead atoms. The molecule has 23 heavy (non-hydrogen) atoms. The first kappa shape index (κ1) is 14.8. The lowest BCUT2D eigenvalue weighted by atomic mass is 10.0.